The van der Waals surface area contributed by atoms with Gasteiger partial charge in [-0.05, 0) is 0 Å². The highest BCUT2D eigenvalue weighted by Gasteiger charge is 1.87. The molecule has 0 bridgehead atoms. The van der Waals surface area contributed by atoms with Gasteiger partial charge in [-0.2, -0.15) is 0 Å². The lowest BCUT2D eigenvalue weighted by Crippen LogP contribution is -2.17. The standard InChI is InChI=1S/C4H9NO.CH3NO2/c1-4(6)5(2)3;2-1(3)4/h1-3H3;2H2,(H,3,4). The predicted octanol–water partition coefficient (Wildman–Crippen LogP) is -0.282. The Morgan fingerprint density at radius 3 is 1.50 bits per heavy atom. The second kappa shape index (κ2) is 5.87. The van der Waals surface area contributed by atoms with Gasteiger partial charge in [-0.15, -0.1) is 0 Å². The van der Waals surface area contributed by atoms with Gasteiger partial charge in [-0.1, -0.05) is 0 Å². The van der Waals surface area contributed by atoms with E-state index in [0.717, 1.165) is 0 Å². The van der Waals surface area contributed by atoms with Crippen LogP contribution in [0.3, 0.4) is 0 Å². The molecule has 0 aromatic heterocycles. The quantitative estimate of drug-likeness (QED) is 0.495. The van der Waals surface area contributed by atoms with Gasteiger partial charge in [0.15, 0.2) is 0 Å². The van der Waals surface area contributed by atoms with Crippen LogP contribution in [-0.4, -0.2) is 36.1 Å². The van der Waals surface area contributed by atoms with Crippen molar-refractivity contribution < 1.29 is 14.7 Å². The van der Waals surface area contributed by atoms with E-state index in [1.54, 1.807) is 14.1 Å². The molecule has 0 saturated heterocycles. The van der Waals surface area contributed by atoms with E-state index in [0.29, 0.717) is 0 Å². The van der Waals surface area contributed by atoms with Crippen molar-refractivity contribution in [1.29, 1.82) is 0 Å². The second-order valence-corrected chi connectivity index (χ2v) is 1.75. The number of amides is 2. The van der Waals surface area contributed by atoms with Crippen molar-refractivity contribution in [3.8, 4) is 0 Å². The van der Waals surface area contributed by atoms with Gasteiger partial charge in [-0.25, -0.2) is 4.79 Å². The zero-order valence-corrected chi connectivity index (χ0v) is 6.29. The van der Waals surface area contributed by atoms with E-state index in [2.05, 4.69) is 5.73 Å². The van der Waals surface area contributed by atoms with Crippen molar-refractivity contribution in [2.75, 3.05) is 14.1 Å². The van der Waals surface area contributed by atoms with E-state index in [4.69, 9.17) is 9.90 Å². The maximum absolute atomic E-state index is 10.1. The Morgan fingerprint density at radius 2 is 1.50 bits per heavy atom. The fraction of sp³-hybridized carbons (Fsp3) is 0.600. The van der Waals surface area contributed by atoms with Gasteiger partial charge < -0.3 is 15.7 Å². The largest absolute Gasteiger partial charge is 0.465 e. The van der Waals surface area contributed by atoms with Gasteiger partial charge in [0.1, 0.15) is 0 Å². The summed E-state index contributed by atoms with van der Waals surface area (Å²) in [5.41, 5.74) is 4.03. The van der Waals surface area contributed by atoms with Gasteiger partial charge in [0.2, 0.25) is 5.91 Å². The summed E-state index contributed by atoms with van der Waals surface area (Å²) < 4.78 is 0. The fourth-order valence-electron chi connectivity index (χ4n) is 0. The van der Waals surface area contributed by atoms with E-state index >= 15 is 0 Å². The zero-order chi connectivity index (χ0) is 8.73. The fourth-order valence-corrected chi connectivity index (χ4v) is 0. The number of primary amides is 1. The van der Waals surface area contributed by atoms with Crippen molar-refractivity contribution in [2.45, 2.75) is 6.92 Å². The highest BCUT2D eigenvalue weighted by atomic mass is 16.4. The molecule has 0 saturated carbocycles. The van der Waals surface area contributed by atoms with Crippen LogP contribution in [0.15, 0.2) is 0 Å². The van der Waals surface area contributed by atoms with Crippen molar-refractivity contribution in [1.82, 2.24) is 4.90 Å². The molecule has 5 heteroatoms. The summed E-state index contributed by atoms with van der Waals surface area (Å²) in [7, 11) is 3.45. The number of carboxylic acid groups (broad SMARTS) is 1. The van der Waals surface area contributed by atoms with Crippen LogP contribution in [0.4, 0.5) is 4.79 Å². The van der Waals surface area contributed by atoms with Crippen molar-refractivity contribution in [3.05, 3.63) is 0 Å². The lowest BCUT2D eigenvalue weighted by molar-refractivity contribution is -0.126. The molecule has 0 rings (SSSR count). The van der Waals surface area contributed by atoms with Crippen LogP contribution < -0.4 is 5.73 Å². The summed E-state index contributed by atoms with van der Waals surface area (Å²) in [4.78, 5) is 20.4. The minimum absolute atomic E-state index is 0.0926. The van der Waals surface area contributed by atoms with E-state index < -0.39 is 6.09 Å². The third-order valence-corrected chi connectivity index (χ3v) is 0.630. The second-order valence-electron chi connectivity index (χ2n) is 1.75. The van der Waals surface area contributed by atoms with E-state index in [1.165, 1.54) is 11.8 Å². The van der Waals surface area contributed by atoms with Gasteiger partial charge in [0.05, 0.1) is 0 Å². The maximum atomic E-state index is 10.1. The molecule has 3 N–H and O–H groups in total. The zero-order valence-electron chi connectivity index (χ0n) is 6.29. The number of carbonyl (C=O) groups is 2. The molecular weight excluding hydrogens is 136 g/mol. The van der Waals surface area contributed by atoms with Gasteiger partial charge in [-0.3, -0.25) is 4.79 Å². The van der Waals surface area contributed by atoms with Crippen LogP contribution in [0.5, 0.6) is 0 Å². The van der Waals surface area contributed by atoms with Crippen molar-refractivity contribution >= 4 is 12.0 Å². The Balaban J connectivity index is 0. The molecule has 0 heterocycles. The lowest BCUT2D eigenvalue weighted by atomic mass is 10.7. The first kappa shape index (κ1) is 11.5. The normalized spacial score (nSPS) is 7.10. The molecule has 5 nitrogen and oxygen atoms in total. The van der Waals surface area contributed by atoms with Gasteiger partial charge in [0.25, 0.3) is 0 Å². The Kier molecular flexibility index (Phi) is 6.76. The number of hydrogen-bond donors (Lipinski definition) is 2. The van der Waals surface area contributed by atoms with E-state index in [9.17, 15) is 4.79 Å². The molecule has 0 fully saturated rings. The average molecular weight is 148 g/mol. The number of nitrogens with zero attached hydrogens (tertiary/aromatic N) is 1. The van der Waals surface area contributed by atoms with Crippen molar-refractivity contribution in [2.24, 2.45) is 5.73 Å². The van der Waals surface area contributed by atoms with E-state index in [-0.39, 0.29) is 5.91 Å². The third-order valence-electron chi connectivity index (χ3n) is 0.630. The average Bonchev–Trinajstić information content (AvgIpc) is 1.63. The molecule has 0 aliphatic carbocycles. The molecule has 60 valence electrons. The van der Waals surface area contributed by atoms with Crippen LogP contribution in [0, 0.1) is 0 Å². The molecule has 10 heavy (non-hydrogen) atoms. The Bertz CT molecular complexity index is 118. The summed E-state index contributed by atoms with van der Waals surface area (Å²) >= 11 is 0. The van der Waals surface area contributed by atoms with Crippen LogP contribution >= 0.6 is 0 Å². The van der Waals surface area contributed by atoms with Gasteiger partial charge in [0, 0.05) is 21.0 Å². The first-order valence-corrected chi connectivity index (χ1v) is 2.54. The SMILES string of the molecule is CC(=O)N(C)C.NC(=O)O. The number of rotatable bonds is 0. The van der Waals surface area contributed by atoms with Crippen LogP contribution in [0.2, 0.25) is 0 Å². The third kappa shape index (κ3) is 29.6. The van der Waals surface area contributed by atoms with Crippen LogP contribution in [-0.2, 0) is 4.79 Å². The molecule has 0 aromatic carbocycles. The monoisotopic (exact) mass is 148 g/mol. The molecule has 0 unspecified atom stereocenters. The molecule has 0 spiro atoms. The van der Waals surface area contributed by atoms with Crippen LogP contribution in [0.1, 0.15) is 6.92 Å². The summed E-state index contributed by atoms with van der Waals surface area (Å²) in [5.74, 6) is 0.0926. The lowest BCUT2D eigenvalue weighted by Gasteiger charge is -2.02. The smallest absolute Gasteiger partial charge is 0.402 e. The molecule has 0 aliphatic heterocycles. The number of nitrogens with two attached hydrogens (primary N) is 1. The Morgan fingerprint density at radius 1 is 1.40 bits per heavy atom. The topological polar surface area (TPSA) is 83.6 Å². The predicted molar refractivity (Wildman–Crippen MR) is 36.6 cm³/mol. The highest BCUT2D eigenvalue weighted by molar-refractivity contribution is 5.72. The maximum Gasteiger partial charge on any atom is 0.402 e. The molecule has 2 amide bonds. The highest BCUT2D eigenvalue weighted by Crippen LogP contribution is 1.69. The molecular formula is C5H12N2O3. The van der Waals surface area contributed by atoms with Crippen LogP contribution in [0.25, 0.3) is 0 Å². The summed E-state index contributed by atoms with van der Waals surface area (Å²) in [6, 6.07) is 0. The molecule has 0 radical (unpaired) electrons. The number of hydrogen-bond acceptors (Lipinski definition) is 2. The summed E-state index contributed by atoms with van der Waals surface area (Å²) in [5, 5.41) is 7.19. The molecule has 0 aromatic rings. The first-order valence-electron chi connectivity index (χ1n) is 2.54. The van der Waals surface area contributed by atoms with E-state index in [1.807, 2.05) is 0 Å². The molecule has 0 aliphatic rings. The first-order chi connectivity index (χ1) is 4.37. The van der Waals surface area contributed by atoms with Crippen molar-refractivity contribution in [3.63, 3.8) is 0 Å². The minimum Gasteiger partial charge on any atom is -0.465 e. The minimum atomic E-state index is -1.33. The van der Waals surface area contributed by atoms with Gasteiger partial charge >= 0.3 is 6.09 Å². The Hall–Kier alpha value is -1.26. The summed E-state index contributed by atoms with van der Waals surface area (Å²) in [6.07, 6.45) is -1.33. The number of carbonyl (C=O) groups excluding carboxylic acids is 1. The Labute approximate surface area is 59.4 Å². The molecule has 0 atom stereocenters. The summed E-state index contributed by atoms with van der Waals surface area (Å²) in [6.45, 7) is 1.53.